The van der Waals surface area contributed by atoms with Gasteiger partial charge in [-0.3, -0.25) is 4.79 Å². The lowest BCUT2D eigenvalue weighted by molar-refractivity contribution is -0.124. The van der Waals surface area contributed by atoms with E-state index in [1.807, 2.05) is 0 Å². The first-order valence-electron chi connectivity index (χ1n) is 5.74. The lowest BCUT2D eigenvalue weighted by atomic mass is 10.2. The highest BCUT2D eigenvalue weighted by atomic mass is 79.9. The van der Waals surface area contributed by atoms with E-state index < -0.39 is 0 Å². The van der Waals surface area contributed by atoms with Crippen LogP contribution in [0.2, 0.25) is 0 Å². The molecule has 1 aromatic rings. The molecule has 1 heterocycles. The summed E-state index contributed by atoms with van der Waals surface area (Å²) >= 11 is 3.27. The quantitative estimate of drug-likeness (QED) is 0.851. The SMILES string of the molecule is N[C@@H]1CCN(C(=O)C=Cc2cc(Br)ccc2F)C1. The fraction of sp³-hybridized carbons (Fsp3) is 0.308. The number of benzene rings is 1. The van der Waals surface area contributed by atoms with Gasteiger partial charge in [0.25, 0.3) is 0 Å². The first-order valence-corrected chi connectivity index (χ1v) is 6.53. The minimum atomic E-state index is -0.347. The Morgan fingerprint density at radius 1 is 1.56 bits per heavy atom. The molecule has 1 fully saturated rings. The maximum Gasteiger partial charge on any atom is 0.246 e. The Morgan fingerprint density at radius 3 is 3.00 bits per heavy atom. The van der Waals surface area contributed by atoms with Gasteiger partial charge in [-0.15, -0.1) is 0 Å². The lowest BCUT2D eigenvalue weighted by Crippen LogP contribution is -2.30. The molecule has 1 aromatic carbocycles. The Hall–Kier alpha value is -1.20. The number of nitrogens with two attached hydrogens (primary N) is 1. The zero-order chi connectivity index (χ0) is 13.1. The number of carbonyl (C=O) groups is 1. The van der Waals surface area contributed by atoms with Gasteiger partial charge < -0.3 is 10.6 Å². The second-order valence-corrected chi connectivity index (χ2v) is 5.25. The number of hydrogen-bond acceptors (Lipinski definition) is 2. The molecule has 0 aliphatic carbocycles. The molecule has 1 atom stereocenters. The van der Waals surface area contributed by atoms with Crippen LogP contribution in [0.5, 0.6) is 0 Å². The van der Waals surface area contributed by atoms with E-state index in [1.165, 1.54) is 18.2 Å². The average Bonchev–Trinajstić information content (AvgIpc) is 2.77. The number of nitrogens with zero attached hydrogens (tertiary/aromatic N) is 1. The van der Waals surface area contributed by atoms with Crippen LogP contribution >= 0.6 is 15.9 Å². The number of rotatable bonds is 2. The van der Waals surface area contributed by atoms with E-state index in [9.17, 15) is 9.18 Å². The molecule has 0 saturated carbocycles. The van der Waals surface area contributed by atoms with Gasteiger partial charge in [-0.25, -0.2) is 4.39 Å². The van der Waals surface area contributed by atoms with Crippen LogP contribution in [-0.2, 0) is 4.79 Å². The van der Waals surface area contributed by atoms with Crippen LogP contribution in [0.15, 0.2) is 28.7 Å². The second kappa shape index (κ2) is 5.63. The van der Waals surface area contributed by atoms with Gasteiger partial charge in [-0.2, -0.15) is 0 Å². The molecule has 0 radical (unpaired) electrons. The minimum absolute atomic E-state index is 0.0601. The predicted octanol–water partition coefficient (Wildman–Crippen LogP) is 2.16. The van der Waals surface area contributed by atoms with Crippen molar-refractivity contribution in [1.82, 2.24) is 4.90 Å². The molecular weight excluding hydrogens is 299 g/mol. The standard InChI is InChI=1S/C13H14BrFN2O/c14-10-2-3-12(15)9(7-10)1-4-13(18)17-6-5-11(16)8-17/h1-4,7,11H,5-6,8,16H2/t11-/m1/s1. The number of amides is 1. The Morgan fingerprint density at radius 2 is 2.33 bits per heavy atom. The van der Waals surface area contributed by atoms with Crippen molar-refractivity contribution < 1.29 is 9.18 Å². The van der Waals surface area contributed by atoms with Crippen molar-refractivity contribution in [2.45, 2.75) is 12.5 Å². The van der Waals surface area contributed by atoms with Crippen LogP contribution < -0.4 is 5.73 Å². The molecule has 18 heavy (non-hydrogen) atoms. The molecule has 1 saturated heterocycles. The van der Waals surface area contributed by atoms with Gasteiger partial charge in [0.2, 0.25) is 5.91 Å². The van der Waals surface area contributed by atoms with Crippen molar-refractivity contribution >= 4 is 27.9 Å². The molecule has 96 valence electrons. The highest BCUT2D eigenvalue weighted by Gasteiger charge is 2.21. The topological polar surface area (TPSA) is 46.3 Å². The molecule has 1 aliphatic heterocycles. The minimum Gasteiger partial charge on any atom is -0.338 e. The van der Waals surface area contributed by atoms with E-state index >= 15 is 0 Å². The van der Waals surface area contributed by atoms with Crippen LogP contribution in [0.4, 0.5) is 4.39 Å². The van der Waals surface area contributed by atoms with Crippen molar-refractivity contribution in [2.75, 3.05) is 13.1 Å². The van der Waals surface area contributed by atoms with E-state index in [2.05, 4.69) is 15.9 Å². The molecule has 0 unspecified atom stereocenters. The third-order valence-electron chi connectivity index (χ3n) is 2.90. The van der Waals surface area contributed by atoms with Gasteiger partial charge in [0.05, 0.1) is 0 Å². The molecule has 1 amide bonds. The van der Waals surface area contributed by atoms with E-state index in [4.69, 9.17) is 5.73 Å². The van der Waals surface area contributed by atoms with Gasteiger partial charge in [0.15, 0.2) is 0 Å². The summed E-state index contributed by atoms with van der Waals surface area (Å²) in [6, 6.07) is 4.67. The molecular formula is C13H14BrFN2O. The van der Waals surface area contributed by atoms with Crippen LogP contribution in [0.25, 0.3) is 6.08 Å². The summed E-state index contributed by atoms with van der Waals surface area (Å²) in [5.41, 5.74) is 6.12. The fourth-order valence-electron chi connectivity index (χ4n) is 1.90. The number of carbonyl (C=O) groups excluding carboxylic acids is 1. The van der Waals surface area contributed by atoms with Crippen molar-refractivity contribution in [1.29, 1.82) is 0 Å². The summed E-state index contributed by atoms with van der Waals surface area (Å²) in [4.78, 5) is 13.5. The smallest absolute Gasteiger partial charge is 0.246 e. The summed E-state index contributed by atoms with van der Waals surface area (Å²) in [5, 5.41) is 0. The Balaban J connectivity index is 2.06. The molecule has 3 nitrogen and oxygen atoms in total. The summed E-state index contributed by atoms with van der Waals surface area (Å²) in [5.74, 6) is -0.470. The molecule has 2 N–H and O–H groups in total. The van der Waals surface area contributed by atoms with E-state index in [0.29, 0.717) is 18.7 Å². The van der Waals surface area contributed by atoms with Crippen LogP contribution in [-0.4, -0.2) is 29.9 Å². The first kappa shape index (κ1) is 13.2. The zero-order valence-corrected chi connectivity index (χ0v) is 11.4. The van der Waals surface area contributed by atoms with Gasteiger partial charge >= 0.3 is 0 Å². The van der Waals surface area contributed by atoms with Crippen molar-refractivity contribution in [3.8, 4) is 0 Å². The molecule has 0 bridgehead atoms. The Labute approximate surface area is 114 Å². The average molecular weight is 313 g/mol. The maximum atomic E-state index is 13.4. The highest BCUT2D eigenvalue weighted by molar-refractivity contribution is 9.10. The fourth-order valence-corrected chi connectivity index (χ4v) is 2.28. The predicted molar refractivity (Wildman–Crippen MR) is 72.3 cm³/mol. The van der Waals surface area contributed by atoms with Gasteiger partial charge in [0, 0.05) is 35.2 Å². The Kier molecular flexibility index (Phi) is 4.14. The van der Waals surface area contributed by atoms with Gasteiger partial charge in [0.1, 0.15) is 5.82 Å². The first-order chi connectivity index (χ1) is 8.56. The molecule has 0 aromatic heterocycles. The summed E-state index contributed by atoms with van der Waals surface area (Å²) < 4.78 is 14.2. The lowest BCUT2D eigenvalue weighted by Gasteiger charge is -2.12. The summed E-state index contributed by atoms with van der Waals surface area (Å²) in [6.45, 7) is 1.25. The van der Waals surface area contributed by atoms with E-state index in [-0.39, 0.29) is 17.8 Å². The third-order valence-corrected chi connectivity index (χ3v) is 3.39. The maximum absolute atomic E-state index is 13.4. The Bertz CT molecular complexity index is 490. The van der Waals surface area contributed by atoms with E-state index in [1.54, 1.807) is 17.0 Å². The zero-order valence-electron chi connectivity index (χ0n) is 9.77. The molecule has 1 aliphatic rings. The van der Waals surface area contributed by atoms with Crippen molar-refractivity contribution in [3.05, 3.63) is 40.1 Å². The van der Waals surface area contributed by atoms with Crippen LogP contribution in [0.3, 0.4) is 0 Å². The van der Waals surface area contributed by atoms with Crippen molar-refractivity contribution in [2.24, 2.45) is 5.73 Å². The van der Waals surface area contributed by atoms with Gasteiger partial charge in [-0.05, 0) is 30.7 Å². The van der Waals surface area contributed by atoms with Crippen molar-refractivity contribution in [3.63, 3.8) is 0 Å². The number of likely N-dealkylation sites (tertiary alicyclic amines) is 1. The second-order valence-electron chi connectivity index (χ2n) is 4.33. The third kappa shape index (κ3) is 3.17. The summed E-state index contributed by atoms with van der Waals surface area (Å²) in [6.07, 6.45) is 3.71. The molecule has 0 spiro atoms. The monoisotopic (exact) mass is 312 g/mol. The number of hydrogen-bond donors (Lipinski definition) is 1. The highest BCUT2D eigenvalue weighted by Crippen LogP contribution is 2.17. The van der Waals surface area contributed by atoms with Gasteiger partial charge in [-0.1, -0.05) is 15.9 Å². The van der Waals surface area contributed by atoms with Crippen LogP contribution in [0, 0.1) is 5.82 Å². The van der Waals surface area contributed by atoms with Crippen LogP contribution in [0.1, 0.15) is 12.0 Å². The largest absolute Gasteiger partial charge is 0.338 e. The normalized spacial score (nSPS) is 19.7. The molecule has 2 rings (SSSR count). The summed E-state index contributed by atoms with van der Waals surface area (Å²) in [7, 11) is 0. The number of halogens is 2. The molecule has 5 heteroatoms. The van der Waals surface area contributed by atoms with E-state index in [0.717, 1.165) is 10.9 Å².